The Hall–Kier alpha value is -4.97. The van der Waals surface area contributed by atoms with E-state index in [0.29, 0.717) is 12.2 Å². The van der Waals surface area contributed by atoms with Crippen LogP contribution in [0.1, 0.15) is 94.1 Å². The molecule has 2 amide bonds. The van der Waals surface area contributed by atoms with Crippen LogP contribution in [0.3, 0.4) is 0 Å². The van der Waals surface area contributed by atoms with Crippen molar-refractivity contribution in [2.75, 3.05) is 20.6 Å². The molecular formula is C48H69N5O12. The number of ketones is 1. The largest absolute Gasteiger partial charge is 0.461 e. The van der Waals surface area contributed by atoms with Gasteiger partial charge in [-0.25, -0.2) is 19.6 Å². The molecule has 0 bridgehead atoms. The Bertz CT molecular complexity index is 2000. The summed E-state index contributed by atoms with van der Waals surface area (Å²) in [5, 5.41) is 17.4. The number of esters is 2. The third-order valence-corrected chi connectivity index (χ3v) is 13.1. The lowest BCUT2D eigenvalue weighted by Gasteiger charge is -2.48. The van der Waals surface area contributed by atoms with Crippen LogP contribution < -0.4 is 10.6 Å². The molecule has 0 spiro atoms. The van der Waals surface area contributed by atoms with Crippen LogP contribution >= 0.6 is 0 Å². The van der Waals surface area contributed by atoms with Gasteiger partial charge in [0.05, 0.1) is 24.0 Å². The molecule has 1 aromatic heterocycles. The third-order valence-electron chi connectivity index (χ3n) is 13.1. The van der Waals surface area contributed by atoms with Crippen molar-refractivity contribution in [1.82, 2.24) is 25.5 Å². The maximum absolute atomic E-state index is 14.6. The van der Waals surface area contributed by atoms with Gasteiger partial charge < -0.3 is 49.1 Å². The average molecular weight is 908 g/mol. The van der Waals surface area contributed by atoms with E-state index in [1.54, 1.807) is 86.8 Å². The van der Waals surface area contributed by atoms with Gasteiger partial charge in [0.15, 0.2) is 17.7 Å². The van der Waals surface area contributed by atoms with Gasteiger partial charge in [-0.15, -0.1) is 0 Å². The number of carbonyl (C=O) groups is 5. The highest BCUT2D eigenvalue weighted by atomic mass is 16.7. The summed E-state index contributed by atoms with van der Waals surface area (Å²) in [6, 6.07) is 8.03. The number of alkyl carbamates (subject to hydrolysis) is 2. The fourth-order valence-corrected chi connectivity index (χ4v) is 9.48. The monoisotopic (exact) mass is 907 g/mol. The fraction of sp³-hybridized carbons (Fsp3) is 0.646. The molecule has 17 nitrogen and oxygen atoms in total. The number of rotatable bonds is 11. The van der Waals surface area contributed by atoms with E-state index in [4.69, 9.17) is 28.4 Å². The van der Waals surface area contributed by atoms with Crippen molar-refractivity contribution in [1.29, 1.82) is 0 Å². The zero-order chi connectivity index (χ0) is 48.0. The number of benzene rings is 1. The lowest BCUT2D eigenvalue weighted by Crippen LogP contribution is -2.61. The minimum absolute atomic E-state index is 0.0492. The Balaban J connectivity index is 1.56. The van der Waals surface area contributed by atoms with Crippen LogP contribution in [0.4, 0.5) is 9.59 Å². The molecular weight excluding hydrogens is 839 g/mol. The maximum atomic E-state index is 14.6. The summed E-state index contributed by atoms with van der Waals surface area (Å²) in [5.41, 5.74) is -1.49. The molecule has 3 fully saturated rings. The lowest BCUT2D eigenvalue weighted by atomic mass is 9.73. The first-order valence-electron chi connectivity index (χ1n) is 22.7. The second kappa shape index (κ2) is 21.6. The molecule has 3 saturated heterocycles. The Labute approximate surface area is 382 Å². The Morgan fingerprint density at radius 2 is 1.69 bits per heavy atom. The SMILES string of the molecule is CC[C@H]1OC(=O)[C@H](C)[C@@H](OC(=O)C(C)C)[C@H](C)[C@@H](O[C@@H]2O[C@H](C)C[C@H](N(C)C)[C@H]2O)[C@](C)(OC(=O)NCC=Cc2ccc(-c3ncccn3)cc2)C[C@@H](C)C(=O)[C@H](C)[C@H]2NC(=O)O[C@@]21C. The zero-order valence-corrected chi connectivity index (χ0v) is 39.8. The highest BCUT2D eigenvalue weighted by Crippen LogP contribution is 2.42. The van der Waals surface area contributed by atoms with Crippen molar-refractivity contribution in [2.24, 2.45) is 29.6 Å². The highest BCUT2D eigenvalue weighted by Gasteiger charge is 2.58. The van der Waals surface area contributed by atoms with Crippen molar-refractivity contribution < 1.29 is 57.5 Å². The van der Waals surface area contributed by atoms with E-state index in [2.05, 4.69) is 20.6 Å². The first-order valence-corrected chi connectivity index (χ1v) is 22.7. The van der Waals surface area contributed by atoms with Gasteiger partial charge in [-0.05, 0) is 72.7 Å². The van der Waals surface area contributed by atoms with Crippen molar-refractivity contribution >= 4 is 36.0 Å². The van der Waals surface area contributed by atoms with E-state index in [-0.39, 0.29) is 31.3 Å². The van der Waals surface area contributed by atoms with Gasteiger partial charge in [0.25, 0.3) is 0 Å². The molecule has 4 heterocycles. The molecule has 5 rings (SSSR count). The third kappa shape index (κ3) is 11.9. The van der Waals surface area contributed by atoms with E-state index in [1.165, 1.54) is 0 Å². The molecule has 65 heavy (non-hydrogen) atoms. The number of nitrogens with one attached hydrogen (secondary N) is 2. The van der Waals surface area contributed by atoms with Crippen LogP contribution in [0, 0.1) is 29.6 Å². The Morgan fingerprint density at radius 1 is 1.03 bits per heavy atom. The average Bonchev–Trinajstić information content (AvgIpc) is 3.58. The number of carbonyl (C=O) groups excluding carboxylic acids is 5. The topological polar surface area (TPSA) is 214 Å². The molecule has 3 aliphatic rings. The minimum Gasteiger partial charge on any atom is -0.461 e. The second-order valence-corrected chi connectivity index (χ2v) is 18.8. The molecule has 0 saturated carbocycles. The summed E-state index contributed by atoms with van der Waals surface area (Å²) < 4.78 is 37.7. The first-order chi connectivity index (χ1) is 30.6. The maximum Gasteiger partial charge on any atom is 0.408 e. The van der Waals surface area contributed by atoms with E-state index < -0.39 is 108 Å². The van der Waals surface area contributed by atoms with E-state index in [1.807, 2.05) is 56.3 Å². The standard InChI is InChI=1S/C48H69N5O12/c1-13-35-48(10)39(52-46(59)65-48)29(6)36(54)27(4)25-47(9,64-45(58)51-21-14-16-32-17-19-33(20-18-32)41-49-22-15-23-50-41)40(63-44-37(55)34(53(11)12)24-28(5)60-44)30(7)38(31(8)43(57)61-35)62-42(56)26(2)3/h14-20,22-23,26-31,34-35,37-40,44,55H,13,21,24-25H2,1-12H3,(H,51,58)(H,52,59)/t27-,28-,29+,30+,31-,34+,35-,37-,38+,39-,40-,44+,47-,48-/m1/s1. The fourth-order valence-electron chi connectivity index (χ4n) is 9.48. The number of Topliss-reactive ketones (excluding diaryl/α,β-unsaturated/α-hetero) is 1. The van der Waals surface area contributed by atoms with Crippen molar-refractivity contribution in [3.05, 3.63) is 54.4 Å². The smallest absolute Gasteiger partial charge is 0.408 e. The zero-order valence-electron chi connectivity index (χ0n) is 39.8. The number of aliphatic hydroxyl groups is 1. The van der Waals surface area contributed by atoms with Crippen molar-refractivity contribution in [3.8, 4) is 11.4 Å². The van der Waals surface area contributed by atoms with Gasteiger partial charge in [0.2, 0.25) is 0 Å². The summed E-state index contributed by atoms with van der Waals surface area (Å²) in [6.07, 6.45) is -0.521. The molecule has 0 radical (unpaired) electrons. The number of cyclic esters (lactones) is 1. The molecule has 2 aromatic rings. The normalized spacial score (nSPS) is 34.8. The number of fused-ring (bicyclic) bond motifs is 1. The molecule has 17 heteroatoms. The van der Waals surface area contributed by atoms with Gasteiger partial charge in [-0.1, -0.05) is 78.0 Å². The molecule has 358 valence electrons. The number of likely N-dealkylation sites (N-methyl/N-ethyl adjacent to an activating group) is 1. The number of ether oxygens (including phenoxy) is 6. The predicted molar refractivity (Wildman–Crippen MR) is 240 cm³/mol. The van der Waals surface area contributed by atoms with Crippen LogP contribution in [0.5, 0.6) is 0 Å². The highest BCUT2D eigenvalue weighted by molar-refractivity contribution is 5.85. The number of aromatic nitrogens is 2. The Morgan fingerprint density at radius 3 is 2.31 bits per heavy atom. The van der Waals surface area contributed by atoms with E-state index >= 15 is 0 Å². The Kier molecular flexibility index (Phi) is 16.9. The number of aliphatic hydroxyl groups excluding tert-OH is 1. The first kappa shape index (κ1) is 51.0. The van der Waals surface area contributed by atoms with Gasteiger partial charge in [-0.2, -0.15) is 0 Å². The van der Waals surface area contributed by atoms with Gasteiger partial charge >= 0.3 is 24.1 Å². The summed E-state index contributed by atoms with van der Waals surface area (Å²) >= 11 is 0. The van der Waals surface area contributed by atoms with Crippen LogP contribution in [0.2, 0.25) is 0 Å². The quantitative estimate of drug-likeness (QED) is 0.182. The van der Waals surface area contributed by atoms with Crippen LogP contribution in [-0.4, -0.2) is 131 Å². The lowest BCUT2D eigenvalue weighted by molar-refractivity contribution is -0.298. The molecule has 3 N–H and O–H groups in total. The van der Waals surface area contributed by atoms with Crippen LogP contribution in [0.15, 0.2) is 48.8 Å². The minimum atomic E-state index is -1.74. The van der Waals surface area contributed by atoms with Crippen molar-refractivity contribution in [2.45, 2.75) is 149 Å². The summed E-state index contributed by atoms with van der Waals surface area (Å²) in [6.45, 7) is 16.9. The number of nitrogens with zero attached hydrogens (tertiary/aromatic N) is 3. The predicted octanol–water partition coefficient (Wildman–Crippen LogP) is 5.73. The number of amides is 2. The van der Waals surface area contributed by atoms with Gasteiger partial charge in [0, 0.05) is 48.3 Å². The van der Waals surface area contributed by atoms with E-state index in [0.717, 1.165) is 11.1 Å². The summed E-state index contributed by atoms with van der Waals surface area (Å²) in [7, 11) is 3.67. The molecule has 14 atom stereocenters. The van der Waals surface area contributed by atoms with Crippen molar-refractivity contribution in [3.63, 3.8) is 0 Å². The van der Waals surface area contributed by atoms with Gasteiger partial charge in [-0.3, -0.25) is 14.4 Å². The molecule has 3 aliphatic heterocycles. The number of hydrogen-bond acceptors (Lipinski definition) is 15. The van der Waals surface area contributed by atoms with Gasteiger partial charge in [0.1, 0.15) is 35.8 Å². The summed E-state index contributed by atoms with van der Waals surface area (Å²) in [4.78, 5) is 80.1. The van der Waals surface area contributed by atoms with Crippen LogP contribution in [0.25, 0.3) is 17.5 Å². The second-order valence-electron chi connectivity index (χ2n) is 18.8. The number of hydrogen-bond donors (Lipinski definition) is 3. The summed E-state index contributed by atoms with van der Waals surface area (Å²) in [5.74, 6) is -5.53. The molecule has 0 aliphatic carbocycles. The van der Waals surface area contributed by atoms with Crippen LogP contribution in [-0.2, 0) is 42.8 Å². The molecule has 1 aromatic carbocycles. The van der Waals surface area contributed by atoms with E-state index in [9.17, 15) is 29.1 Å². The molecule has 0 unspecified atom stereocenters.